The molecule has 1 fully saturated rings. The van der Waals surface area contributed by atoms with Crippen molar-refractivity contribution in [1.82, 2.24) is 15.6 Å². The molecule has 6 heteroatoms. The lowest BCUT2D eigenvalue weighted by Gasteiger charge is -2.03. The number of furan rings is 1. The van der Waals surface area contributed by atoms with Gasteiger partial charge in [-0.3, -0.25) is 4.79 Å². The van der Waals surface area contributed by atoms with Crippen molar-refractivity contribution < 1.29 is 9.21 Å². The normalized spacial score (nSPS) is 18.0. The topological polar surface area (TPSA) is 67.2 Å². The van der Waals surface area contributed by atoms with Gasteiger partial charge in [0.25, 0.3) is 5.91 Å². The number of hydrogen-bond donors (Lipinski definition) is 2. The number of aromatic nitrogens is 1. The molecule has 3 rings (SSSR count). The zero-order chi connectivity index (χ0) is 14.7. The summed E-state index contributed by atoms with van der Waals surface area (Å²) in [6, 6.07) is 3.66. The SMILES string of the molecule is Cc1nc(CC2CCNC2)sc1C(=O)NCc1ccco1. The van der Waals surface area contributed by atoms with E-state index in [1.807, 2.05) is 19.1 Å². The highest BCUT2D eigenvalue weighted by Gasteiger charge is 2.20. The van der Waals surface area contributed by atoms with E-state index in [4.69, 9.17) is 4.42 Å². The van der Waals surface area contributed by atoms with Gasteiger partial charge in [0, 0.05) is 6.42 Å². The van der Waals surface area contributed by atoms with Gasteiger partial charge >= 0.3 is 0 Å². The molecule has 0 aliphatic carbocycles. The maximum Gasteiger partial charge on any atom is 0.263 e. The highest BCUT2D eigenvalue weighted by atomic mass is 32.1. The van der Waals surface area contributed by atoms with Crippen LogP contribution in [0.2, 0.25) is 0 Å². The number of thiazole rings is 1. The van der Waals surface area contributed by atoms with Crippen molar-refractivity contribution in [2.75, 3.05) is 13.1 Å². The summed E-state index contributed by atoms with van der Waals surface area (Å²) in [4.78, 5) is 17.5. The maximum atomic E-state index is 12.2. The number of amides is 1. The molecule has 0 saturated carbocycles. The van der Waals surface area contributed by atoms with Crippen molar-refractivity contribution in [2.24, 2.45) is 5.92 Å². The molecule has 0 aromatic carbocycles. The van der Waals surface area contributed by atoms with Crippen LogP contribution in [0.3, 0.4) is 0 Å². The standard InChI is InChI=1S/C15H19N3O2S/c1-10-14(15(19)17-9-12-3-2-6-20-12)21-13(18-10)7-11-4-5-16-8-11/h2-3,6,11,16H,4-5,7-9H2,1H3,(H,17,19). The monoisotopic (exact) mass is 305 g/mol. The lowest BCUT2D eigenvalue weighted by atomic mass is 10.1. The molecule has 1 unspecified atom stereocenters. The van der Waals surface area contributed by atoms with Gasteiger partial charge in [-0.05, 0) is 44.5 Å². The first-order chi connectivity index (χ1) is 10.2. The molecule has 1 atom stereocenters. The maximum absolute atomic E-state index is 12.2. The Bertz CT molecular complexity index is 600. The van der Waals surface area contributed by atoms with Crippen LogP contribution in [0, 0.1) is 12.8 Å². The quantitative estimate of drug-likeness (QED) is 0.888. The van der Waals surface area contributed by atoms with E-state index in [2.05, 4.69) is 15.6 Å². The van der Waals surface area contributed by atoms with Crippen LogP contribution in [-0.4, -0.2) is 24.0 Å². The number of carbonyl (C=O) groups excluding carboxylic acids is 1. The molecule has 0 bridgehead atoms. The van der Waals surface area contributed by atoms with Crippen molar-refractivity contribution in [3.63, 3.8) is 0 Å². The first-order valence-electron chi connectivity index (χ1n) is 7.20. The van der Waals surface area contributed by atoms with E-state index in [1.54, 1.807) is 6.26 Å². The zero-order valence-corrected chi connectivity index (χ0v) is 12.8. The van der Waals surface area contributed by atoms with Crippen molar-refractivity contribution in [3.05, 3.63) is 39.7 Å². The van der Waals surface area contributed by atoms with E-state index in [9.17, 15) is 4.79 Å². The summed E-state index contributed by atoms with van der Waals surface area (Å²) in [5.41, 5.74) is 0.818. The molecule has 0 radical (unpaired) electrons. The third-order valence-corrected chi connectivity index (χ3v) is 4.85. The van der Waals surface area contributed by atoms with Gasteiger partial charge in [-0.25, -0.2) is 4.98 Å². The number of aryl methyl sites for hydroxylation is 1. The molecule has 0 spiro atoms. The van der Waals surface area contributed by atoms with Crippen molar-refractivity contribution in [2.45, 2.75) is 26.3 Å². The summed E-state index contributed by atoms with van der Waals surface area (Å²) in [5, 5.41) is 7.29. The van der Waals surface area contributed by atoms with Gasteiger partial charge < -0.3 is 15.1 Å². The van der Waals surface area contributed by atoms with Gasteiger partial charge in [0.2, 0.25) is 0 Å². The summed E-state index contributed by atoms with van der Waals surface area (Å²) < 4.78 is 5.21. The lowest BCUT2D eigenvalue weighted by molar-refractivity contribution is 0.0951. The minimum absolute atomic E-state index is 0.0720. The predicted octanol–water partition coefficient (Wildman–Crippen LogP) is 2.13. The molecule has 1 saturated heterocycles. The van der Waals surface area contributed by atoms with E-state index in [0.717, 1.165) is 36.0 Å². The average molecular weight is 305 g/mol. The lowest BCUT2D eigenvalue weighted by Crippen LogP contribution is -2.22. The van der Waals surface area contributed by atoms with Gasteiger partial charge in [-0.15, -0.1) is 11.3 Å². The van der Waals surface area contributed by atoms with Crippen LogP contribution in [0.1, 0.15) is 32.6 Å². The minimum atomic E-state index is -0.0720. The van der Waals surface area contributed by atoms with E-state index in [-0.39, 0.29) is 5.91 Å². The number of carbonyl (C=O) groups is 1. The van der Waals surface area contributed by atoms with Crippen LogP contribution in [0.4, 0.5) is 0 Å². The second-order valence-corrected chi connectivity index (χ2v) is 6.43. The van der Waals surface area contributed by atoms with Crippen LogP contribution in [-0.2, 0) is 13.0 Å². The summed E-state index contributed by atoms with van der Waals surface area (Å²) in [7, 11) is 0. The summed E-state index contributed by atoms with van der Waals surface area (Å²) in [6.07, 6.45) is 3.76. The van der Waals surface area contributed by atoms with Gasteiger partial charge in [0.05, 0.1) is 23.5 Å². The largest absolute Gasteiger partial charge is 0.467 e. The minimum Gasteiger partial charge on any atom is -0.467 e. The Labute approximate surface area is 127 Å². The third kappa shape index (κ3) is 3.51. The van der Waals surface area contributed by atoms with Crippen molar-refractivity contribution >= 4 is 17.2 Å². The number of nitrogens with zero attached hydrogens (tertiary/aromatic N) is 1. The smallest absolute Gasteiger partial charge is 0.263 e. The van der Waals surface area contributed by atoms with Gasteiger partial charge in [-0.1, -0.05) is 0 Å². The van der Waals surface area contributed by atoms with Crippen LogP contribution in [0.25, 0.3) is 0 Å². The highest BCUT2D eigenvalue weighted by Crippen LogP contribution is 2.23. The molecular weight excluding hydrogens is 286 g/mol. The predicted molar refractivity (Wildman–Crippen MR) is 81.4 cm³/mol. The molecule has 2 aromatic rings. The Hall–Kier alpha value is -1.66. The van der Waals surface area contributed by atoms with Crippen LogP contribution >= 0.6 is 11.3 Å². The van der Waals surface area contributed by atoms with Crippen molar-refractivity contribution in [1.29, 1.82) is 0 Å². The molecule has 1 amide bonds. The molecule has 3 heterocycles. The Balaban J connectivity index is 1.61. The number of hydrogen-bond acceptors (Lipinski definition) is 5. The fourth-order valence-corrected chi connectivity index (χ4v) is 3.64. The van der Waals surface area contributed by atoms with Crippen LogP contribution < -0.4 is 10.6 Å². The first-order valence-corrected chi connectivity index (χ1v) is 8.01. The van der Waals surface area contributed by atoms with Gasteiger partial charge in [-0.2, -0.15) is 0 Å². The Kier molecular flexibility index (Phi) is 4.36. The molecule has 112 valence electrons. The summed E-state index contributed by atoms with van der Waals surface area (Å²) in [5.74, 6) is 1.33. The van der Waals surface area contributed by atoms with Crippen LogP contribution in [0.5, 0.6) is 0 Å². The highest BCUT2D eigenvalue weighted by molar-refractivity contribution is 7.13. The van der Waals surface area contributed by atoms with Crippen LogP contribution in [0.15, 0.2) is 22.8 Å². The fraction of sp³-hybridized carbons (Fsp3) is 0.467. The van der Waals surface area contributed by atoms with E-state index in [1.165, 1.54) is 17.8 Å². The zero-order valence-electron chi connectivity index (χ0n) is 12.0. The Morgan fingerprint density at radius 3 is 3.24 bits per heavy atom. The Morgan fingerprint density at radius 2 is 2.52 bits per heavy atom. The molecule has 1 aliphatic rings. The Morgan fingerprint density at radius 1 is 1.62 bits per heavy atom. The number of rotatable bonds is 5. The van der Waals surface area contributed by atoms with E-state index in [0.29, 0.717) is 17.3 Å². The number of nitrogens with one attached hydrogen (secondary N) is 2. The third-order valence-electron chi connectivity index (χ3n) is 3.68. The summed E-state index contributed by atoms with van der Waals surface area (Å²) >= 11 is 1.51. The molecular formula is C15H19N3O2S. The molecule has 21 heavy (non-hydrogen) atoms. The summed E-state index contributed by atoms with van der Waals surface area (Å²) in [6.45, 7) is 4.45. The average Bonchev–Trinajstić information content (AvgIpc) is 3.18. The van der Waals surface area contributed by atoms with Gasteiger partial charge in [0.1, 0.15) is 10.6 Å². The second-order valence-electron chi connectivity index (χ2n) is 5.35. The van der Waals surface area contributed by atoms with Gasteiger partial charge in [0.15, 0.2) is 0 Å². The molecule has 2 aromatic heterocycles. The van der Waals surface area contributed by atoms with Crippen molar-refractivity contribution in [3.8, 4) is 0 Å². The van der Waals surface area contributed by atoms with E-state index >= 15 is 0 Å². The molecule has 1 aliphatic heterocycles. The van der Waals surface area contributed by atoms with E-state index < -0.39 is 0 Å². The second kappa shape index (κ2) is 6.41. The molecule has 5 nitrogen and oxygen atoms in total. The fourth-order valence-electron chi connectivity index (χ4n) is 2.55. The molecule has 2 N–H and O–H groups in total. The first kappa shape index (κ1) is 14.3.